The van der Waals surface area contributed by atoms with E-state index in [4.69, 9.17) is 21.1 Å². The number of likely N-dealkylation sites (tertiary alicyclic amines) is 1. The van der Waals surface area contributed by atoms with E-state index in [1.165, 1.54) is 4.90 Å². The van der Waals surface area contributed by atoms with Crippen LogP contribution in [-0.2, 0) is 14.3 Å². The number of Topliss-reactive ketones (excluding diaryl/α,β-unsaturated/α-hetero) is 1. The van der Waals surface area contributed by atoms with E-state index in [-0.39, 0.29) is 11.3 Å². The van der Waals surface area contributed by atoms with Gasteiger partial charge in [0.2, 0.25) is 0 Å². The quantitative estimate of drug-likeness (QED) is 0.236. The number of hydrogen-bond acceptors (Lipinski definition) is 5. The molecule has 1 saturated heterocycles. The maximum atomic E-state index is 13.0. The van der Waals surface area contributed by atoms with E-state index in [2.05, 4.69) is 6.92 Å². The van der Waals surface area contributed by atoms with Gasteiger partial charge in [-0.15, -0.1) is 0 Å². The third-order valence-corrected chi connectivity index (χ3v) is 5.60. The van der Waals surface area contributed by atoms with Gasteiger partial charge in [-0.25, -0.2) is 0 Å². The van der Waals surface area contributed by atoms with Crippen LogP contribution >= 0.6 is 11.6 Å². The summed E-state index contributed by atoms with van der Waals surface area (Å²) in [6, 6.07) is 13.1. The zero-order chi connectivity index (χ0) is 23.1. The average Bonchev–Trinajstić information content (AvgIpc) is 3.05. The number of aliphatic hydroxyl groups excluding tert-OH is 1. The number of hydrogen-bond donors (Lipinski definition) is 1. The van der Waals surface area contributed by atoms with Crippen LogP contribution < -0.4 is 4.74 Å². The summed E-state index contributed by atoms with van der Waals surface area (Å²) in [5.41, 5.74) is 1.18. The van der Waals surface area contributed by atoms with Crippen LogP contribution in [0.25, 0.3) is 5.76 Å². The molecule has 6 nitrogen and oxygen atoms in total. The fourth-order valence-electron chi connectivity index (χ4n) is 3.71. The zero-order valence-corrected chi connectivity index (χ0v) is 19.1. The van der Waals surface area contributed by atoms with Gasteiger partial charge in [0.25, 0.3) is 11.7 Å². The van der Waals surface area contributed by atoms with Crippen molar-refractivity contribution in [1.29, 1.82) is 0 Å². The van der Waals surface area contributed by atoms with Crippen molar-refractivity contribution in [1.82, 2.24) is 4.90 Å². The number of halogens is 1. The van der Waals surface area contributed by atoms with Gasteiger partial charge in [-0.05, 0) is 54.8 Å². The predicted molar refractivity (Wildman–Crippen MR) is 124 cm³/mol. The van der Waals surface area contributed by atoms with Crippen molar-refractivity contribution in [3.63, 3.8) is 0 Å². The first kappa shape index (κ1) is 23.8. The van der Waals surface area contributed by atoms with Gasteiger partial charge in [0.15, 0.2) is 0 Å². The third-order valence-electron chi connectivity index (χ3n) is 5.35. The lowest BCUT2D eigenvalue weighted by Gasteiger charge is -2.25. The van der Waals surface area contributed by atoms with E-state index in [0.29, 0.717) is 48.1 Å². The second kappa shape index (κ2) is 11.2. The Kier molecular flexibility index (Phi) is 8.31. The number of carbonyl (C=O) groups excluding carboxylic acids is 2. The van der Waals surface area contributed by atoms with Crippen molar-refractivity contribution in [3.05, 3.63) is 70.3 Å². The highest BCUT2D eigenvalue weighted by molar-refractivity contribution is 6.46. The molecule has 0 radical (unpaired) electrons. The Morgan fingerprint density at radius 3 is 2.53 bits per heavy atom. The van der Waals surface area contributed by atoms with Gasteiger partial charge in [0, 0.05) is 30.8 Å². The standard InChI is InChI=1S/C25H28ClNO5/c1-3-4-15-32-20-8-5-7-18(16-20)22-21(23(28)17-9-11-19(26)12-10-17)24(29)25(30)27(22)13-6-14-31-2/h5,7-12,16,22,28H,3-4,6,13-15H2,1-2H3. The SMILES string of the molecule is CCCCOc1cccc(C2C(=C(O)c3ccc(Cl)cc3)C(=O)C(=O)N2CCCOC)c1. The molecule has 1 atom stereocenters. The minimum atomic E-state index is -0.725. The van der Waals surface area contributed by atoms with E-state index >= 15 is 0 Å². The highest BCUT2D eigenvalue weighted by atomic mass is 35.5. The summed E-state index contributed by atoms with van der Waals surface area (Å²) >= 11 is 5.96. The summed E-state index contributed by atoms with van der Waals surface area (Å²) in [6.07, 6.45) is 2.50. The number of amides is 1. The second-order valence-corrected chi connectivity index (χ2v) is 8.06. The average molecular weight is 458 g/mol. The molecule has 1 heterocycles. The third kappa shape index (κ3) is 5.31. The first-order chi connectivity index (χ1) is 15.5. The summed E-state index contributed by atoms with van der Waals surface area (Å²) in [7, 11) is 1.59. The number of methoxy groups -OCH3 is 1. The molecule has 0 aliphatic carbocycles. The number of aliphatic hydroxyl groups is 1. The lowest BCUT2D eigenvalue weighted by atomic mass is 9.95. The smallest absolute Gasteiger partial charge is 0.295 e. The topological polar surface area (TPSA) is 76.1 Å². The van der Waals surface area contributed by atoms with Crippen LogP contribution in [0.5, 0.6) is 5.75 Å². The maximum Gasteiger partial charge on any atom is 0.295 e. The van der Waals surface area contributed by atoms with Gasteiger partial charge in [-0.1, -0.05) is 37.1 Å². The summed E-state index contributed by atoms with van der Waals surface area (Å²) in [5, 5.41) is 11.6. The molecule has 0 saturated carbocycles. The summed E-state index contributed by atoms with van der Waals surface area (Å²) < 4.78 is 10.9. The number of ketones is 1. The molecule has 1 unspecified atom stereocenters. The molecule has 0 aromatic heterocycles. The van der Waals surface area contributed by atoms with Gasteiger partial charge in [0.05, 0.1) is 18.2 Å². The normalized spacial score (nSPS) is 17.7. The number of unbranched alkanes of at least 4 members (excludes halogenated alkanes) is 1. The molecular weight excluding hydrogens is 430 g/mol. The fraction of sp³-hybridized carbons (Fsp3) is 0.360. The van der Waals surface area contributed by atoms with Crippen LogP contribution in [0, 0.1) is 0 Å². The fourth-order valence-corrected chi connectivity index (χ4v) is 3.83. The Bertz CT molecular complexity index is 986. The molecule has 170 valence electrons. The number of nitrogens with zero attached hydrogens (tertiary/aromatic N) is 1. The van der Waals surface area contributed by atoms with Gasteiger partial charge < -0.3 is 19.5 Å². The second-order valence-electron chi connectivity index (χ2n) is 7.62. The van der Waals surface area contributed by atoms with Crippen molar-refractivity contribution in [2.45, 2.75) is 32.2 Å². The minimum Gasteiger partial charge on any atom is -0.507 e. The highest BCUT2D eigenvalue weighted by Gasteiger charge is 2.45. The molecule has 1 fully saturated rings. The van der Waals surface area contributed by atoms with Gasteiger partial charge in [0.1, 0.15) is 11.5 Å². The van der Waals surface area contributed by atoms with E-state index in [0.717, 1.165) is 12.8 Å². The summed E-state index contributed by atoms with van der Waals surface area (Å²) in [5.74, 6) is -0.919. The van der Waals surface area contributed by atoms with Crippen molar-refractivity contribution in [2.75, 3.05) is 26.9 Å². The maximum absolute atomic E-state index is 13.0. The number of ether oxygens (including phenoxy) is 2. The van der Waals surface area contributed by atoms with E-state index in [1.807, 2.05) is 24.3 Å². The molecular formula is C25H28ClNO5. The molecule has 1 aliphatic heterocycles. The monoisotopic (exact) mass is 457 g/mol. The lowest BCUT2D eigenvalue weighted by Crippen LogP contribution is -2.31. The van der Waals surface area contributed by atoms with Crippen molar-refractivity contribution in [2.24, 2.45) is 0 Å². The Morgan fingerprint density at radius 1 is 1.09 bits per heavy atom. The van der Waals surface area contributed by atoms with Gasteiger partial charge >= 0.3 is 0 Å². The van der Waals surface area contributed by atoms with Crippen LogP contribution in [0.2, 0.25) is 5.02 Å². The predicted octanol–water partition coefficient (Wildman–Crippen LogP) is 4.98. The highest BCUT2D eigenvalue weighted by Crippen LogP contribution is 2.40. The van der Waals surface area contributed by atoms with E-state index < -0.39 is 17.7 Å². The molecule has 0 bridgehead atoms. The van der Waals surface area contributed by atoms with Gasteiger partial charge in [-0.2, -0.15) is 0 Å². The minimum absolute atomic E-state index is 0.0560. The lowest BCUT2D eigenvalue weighted by molar-refractivity contribution is -0.140. The van der Waals surface area contributed by atoms with Crippen molar-refractivity contribution < 1.29 is 24.2 Å². The molecule has 7 heteroatoms. The Labute approximate surface area is 193 Å². The number of rotatable bonds is 10. The first-order valence-corrected chi connectivity index (χ1v) is 11.1. The Balaban J connectivity index is 2.05. The molecule has 2 aromatic rings. The number of carbonyl (C=O) groups is 2. The van der Waals surface area contributed by atoms with Crippen LogP contribution in [-0.4, -0.2) is 48.6 Å². The molecule has 1 aliphatic rings. The Morgan fingerprint density at radius 2 is 1.84 bits per heavy atom. The first-order valence-electron chi connectivity index (χ1n) is 10.7. The summed E-state index contributed by atoms with van der Waals surface area (Å²) in [4.78, 5) is 27.4. The van der Waals surface area contributed by atoms with Crippen LogP contribution in [0.1, 0.15) is 43.4 Å². The van der Waals surface area contributed by atoms with Crippen LogP contribution in [0.3, 0.4) is 0 Å². The van der Waals surface area contributed by atoms with Crippen molar-refractivity contribution >= 4 is 29.1 Å². The summed E-state index contributed by atoms with van der Waals surface area (Å²) in [6.45, 7) is 3.44. The van der Waals surface area contributed by atoms with Crippen LogP contribution in [0.15, 0.2) is 54.1 Å². The number of benzene rings is 2. The largest absolute Gasteiger partial charge is 0.507 e. The Hall–Kier alpha value is -2.83. The molecule has 1 N–H and O–H groups in total. The zero-order valence-electron chi connectivity index (χ0n) is 18.3. The molecule has 0 spiro atoms. The molecule has 3 rings (SSSR count). The molecule has 1 amide bonds. The van der Waals surface area contributed by atoms with Gasteiger partial charge in [-0.3, -0.25) is 9.59 Å². The van der Waals surface area contributed by atoms with Crippen molar-refractivity contribution in [3.8, 4) is 5.75 Å². The molecule has 2 aromatic carbocycles. The van der Waals surface area contributed by atoms with E-state index in [9.17, 15) is 14.7 Å². The molecule has 32 heavy (non-hydrogen) atoms. The van der Waals surface area contributed by atoms with E-state index in [1.54, 1.807) is 31.4 Å². The van der Waals surface area contributed by atoms with Crippen LogP contribution in [0.4, 0.5) is 0 Å².